The summed E-state index contributed by atoms with van der Waals surface area (Å²) in [5.74, 6) is 30.1. The molecular formula is C53H157Al5B5Cl2I2N2O4P2-. The van der Waals surface area contributed by atoms with E-state index in [1.165, 1.54) is 56.8 Å². The largest absolute Gasteiger partial charge is 0.388 e. The molecule has 0 fully saturated rings. The summed E-state index contributed by atoms with van der Waals surface area (Å²) in [6, 6.07) is 0. The van der Waals surface area contributed by atoms with Gasteiger partial charge in [0.2, 0.25) is 16.3 Å². The van der Waals surface area contributed by atoms with Crippen LogP contribution in [0.15, 0.2) is 0 Å². The van der Waals surface area contributed by atoms with Gasteiger partial charge in [-0.1, -0.05) is 81.9 Å². The average Bonchev–Trinajstić information content (AvgIpc) is 3.04. The number of Topliss-reactive ketones (excluding diaryl/α,β-unsaturated/α-hetero) is 2. The zero-order valence-corrected chi connectivity index (χ0v) is 77.8. The summed E-state index contributed by atoms with van der Waals surface area (Å²) in [4.78, 5) is 22.9. The molecule has 0 aliphatic heterocycles. The molecule has 75 heavy (non-hydrogen) atoms. The number of ketones is 2. The van der Waals surface area contributed by atoms with Crippen LogP contribution >= 0.6 is 87.0 Å². The van der Waals surface area contributed by atoms with Crippen molar-refractivity contribution in [3.05, 3.63) is 0 Å². The minimum Gasteiger partial charge on any atom is -0.388 e. The van der Waals surface area contributed by atoms with Gasteiger partial charge in [0, 0.05) is 41.2 Å². The minimum atomic E-state index is -0.139. The number of hydrogen-bond donors (Lipinski definition) is 0. The van der Waals surface area contributed by atoms with E-state index in [4.69, 9.17) is 0 Å². The van der Waals surface area contributed by atoms with Crippen LogP contribution in [0.5, 0.6) is 0 Å². The predicted octanol–water partition coefficient (Wildman–Crippen LogP) is 20.3. The number of alkyl halides is 2. The topological polar surface area (TPSA) is 59.1 Å². The van der Waals surface area contributed by atoms with Crippen molar-refractivity contribution in [3.8, 4) is 0 Å². The Morgan fingerprint density at radius 2 is 0.387 bits per heavy atom. The van der Waals surface area contributed by atoms with E-state index >= 15 is 0 Å². The van der Waals surface area contributed by atoms with Crippen molar-refractivity contribution in [1.29, 1.82) is 0 Å². The van der Waals surface area contributed by atoms with Crippen LogP contribution in [0, 0.1) is 0 Å². The molecule has 0 saturated carbocycles. The Bertz CT molecular complexity index is 543. The summed E-state index contributed by atoms with van der Waals surface area (Å²) < 4.78 is 8.50. The minimum absolute atomic E-state index is 0. The van der Waals surface area contributed by atoms with E-state index in [0.29, 0.717) is 15.8 Å². The van der Waals surface area contributed by atoms with Crippen LogP contribution in [0.25, 0.3) is 0 Å². The van der Waals surface area contributed by atoms with Gasteiger partial charge < -0.3 is 28.9 Å². The second kappa shape index (κ2) is 159. The van der Waals surface area contributed by atoms with E-state index in [1.807, 2.05) is 52.1 Å². The smallest absolute Gasteiger partial charge is 0.251 e. The maximum atomic E-state index is 9.44. The summed E-state index contributed by atoms with van der Waals surface area (Å²) in [5.41, 5.74) is 0. The van der Waals surface area contributed by atoms with Crippen molar-refractivity contribution in [1.82, 2.24) is 9.80 Å². The lowest BCUT2D eigenvalue weighted by Crippen LogP contribution is -2.10. The number of carbonyl (C=O) groups is 2. The Morgan fingerprint density at radius 3 is 0.387 bits per heavy atom. The molecule has 0 spiro atoms. The van der Waals surface area contributed by atoms with Gasteiger partial charge in [0.1, 0.15) is 38.4 Å². The van der Waals surface area contributed by atoms with Gasteiger partial charge in [-0.05, 0) is 116 Å². The summed E-state index contributed by atoms with van der Waals surface area (Å²) in [5, 5.41) is 0. The first-order valence-electron chi connectivity index (χ1n) is 27.3. The van der Waals surface area contributed by atoms with E-state index in [0.717, 1.165) is 26.9 Å². The van der Waals surface area contributed by atoms with E-state index in [9.17, 15) is 9.59 Å². The lowest BCUT2D eigenvalue weighted by atomic mass is 9.32. The number of nitrogens with zero attached hydrogens (tertiary/aromatic N) is 2. The lowest BCUT2D eigenvalue weighted by Gasteiger charge is -2.10. The molecule has 0 aliphatic rings. The molecule has 0 heterocycles. The van der Waals surface area contributed by atoms with Crippen molar-refractivity contribution >= 4 is 204 Å². The van der Waals surface area contributed by atoms with E-state index in [-0.39, 0.29) is 122 Å². The maximum absolute atomic E-state index is 9.44. The number of hydrogen-bond acceptors (Lipinski definition) is 6. The number of carbonyl (C=O) groups excluding carboxylic acids is 2. The standard InChI is InChI=1S/C4H12B.4C3H9B.2C3H9N.2C3H6O.2C3H9P.2C2H6O.2CH3Cl.13CH3.5Al.2HI.2H/c1-5(2,3)4;6*1-4(2)3;2*1-3(2)4;2*1-4(2)3;2*1-3-2;2*1-2;;;;;;;;;;;;;;;;;;;;;;/h1-4H3;6*1-3H3;2*1-2H3;2*1-3H3;2*1-2H3;2*1H3;13*1H3;;;;;;2*1H;;/q-1;;;;;;;;;;;;;;;;;;;;;;;;;;;;;;;;;;;;. The van der Waals surface area contributed by atoms with Gasteiger partial charge in [-0.2, -0.15) is 27.3 Å². The molecule has 0 rings (SSSR count). The Labute approximate surface area is 562 Å². The summed E-state index contributed by atoms with van der Waals surface area (Å²) >= 11 is 10.0. The number of ether oxygens (including phenoxy) is 2. The third-order valence-electron chi connectivity index (χ3n) is 0. The second-order valence-electron chi connectivity index (χ2n) is 25.3. The van der Waals surface area contributed by atoms with Crippen LogP contribution in [0.3, 0.4) is 0 Å². The third kappa shape index (κ3) is 18300. The van der Waals surface area contributed by atoms with Crippen LogP contribution in [-0.4, -0.2) is 251 Å². The summed E-state index contributed by atoms with van der Waals surface area (Å²) in [6.07, 6.45) is 2.94. The van der Waals surface area contributed by atoms with Gasteiger partial charge in [-0.3, -0.25) is 0 Å². The van der Waals surface area contributed by atoms with Gasteiger partial charge in [0.25, 0.3) is 56.6 Å². The van der Waals surface area contributed by atoms with Crippen molar-refractivity contribution in [2.75, 3.05) is 123 Å². The fourth-order valence-corrected chi connectivity index (χ4v) is 0. The molecule has 0 radical (unpaired) electrons. The fourth-order valence-electron chi connectivity index (χ4n) is 0. The highest BCUT2D eigenvalue weighted by Crippen LogP contribution is 2.15. The Kier molecular flexibility index (Phi) is 315. The molecule has 472 valence electrons. The van der Waals surface area contributed by atoms with Gasteiger partial charge in [-0.15, -0.1) is 162 Å². The van der Waals surface area contributed by atoms with E-state index in [2.05, 4.69) is 257 Å². The van der Waals surface area contributed by atoms with Gasteiger partial charge in [-0.25, -0.2) is 0 Å². The SMILES string of the molecule is CB(C)C.CB(C)C.CB(C)C.CB(C)C.CC(C)=O.CC(C)=O.CCl.CCl.CN(C)C.CN(C)C.COC.COC.CP(C)C.CP(C)C.C[B-](C)(C)C.I.I.[CH3][AlH2].[CH3][Al]([CH3])[CH3].[CH3][Al]([CH3])[CH3].[CH3][Al]([CH3])[CH3].[CH3][Al]([CH3])[CH3]. The second-order valence-corrected chi connectivity index (χ2v) is 44.5. The number of methoxy groups -OCH3 is 2. The molecule has 0 aromatic heterocycles. The predicted molar refractivity (Wildman–Crippen MR) is 432 cm³/mol. The zero-order valence-electron chi connectivity index (χ0n) is 63.2. The molecule has 0 aromatic carbocycles. The molecule has 0 atom stereocenters. The lowest BCUT2D eigenvalue weighted by molar-refractivity contribution is -0.115. The molecular weight excluding hydrogens is 1300 g/mol. The first-order valence-corrected chi connectivity index (χ1v) is 50.1. The highest BCUT2D eigenvalue weighted by atomic mass is 127. The normalized spacial score (nSPS) is 7.00. The van der Waals surface area contributed by atoms with Crippen LogP contribution in [-0.2, 0) is 19.1 Å². The molecule has 0 N–H and O–H groups in total. The fraction of sp³-hybridized carbons (Fsp3) is 0.962. The highest BCUT2D eigenvalue weighted by Gasteiger charge is 1.90. The Hall–Kier alpha value is 5.07. The van der Waals surface area contributed by atoms with Crippen molar-refractivity contribution in [2.45, 2.75) is 212 Å². The van der Waals surface area contributed by atoms with Crippen LogP contribution in [0.4, 0.5) is 0 Å². The summed E-state index contributed by atoms with van der Waals surface area (Å²) in [7, 11) is 19.3. The molecule has 0 amide bonds. The zero-order chi connectivity index (χ0) is 66.0. The van der Waals surface area contributed by atoms with Crippen molar-refractivity contribution in [3.63, 3.8) is 0 Å². The van der Waals surface area contributed by atoms with Crippen LogP contribution in [0.2, 0.25) is 184 Å². The molecule has 22 heteroatoms. The number of rotatable bonds is 0. The average molecular weight is 1460 g/mol. The van der Waals surface area contributed by atoms with E-state index < -0.39 is 0 Å². The maximum Gasteiger partial charge on any atom is 0.251 e. The Balaban J connectivity index is -0.0000000198. The van der Waals surface area contributed by atoms with Crippen molar-refractivity contribution < 1.29 is 19.1 Å². The summed E-state index contributed by atoms with van der Waals surface area (Å²) in [6.45, 7) is 57.8. The van der Waals surface area contributed by atoms with Gasteiger partial charge in [0.15, 0.2) is 0 Å². The van der Waals surface area contributed by atoms with E-state index in [1.54, 1.807) is 28.4 Å². The molecule has 0 aromatic rings. The Morgan fingerprint density at radius 1 is 0.387 bits per heavy atom. The van der Waals surface area contributed by atoms with Gasteiger partial charge in [0.05, 0.1) is 0 Å². The van der Waals surface area contributed by atoms with Crippen LogP contribution < -0.4 is 0 Å². The quantitative estimate of drug-likeness (QED) is 0.104. The molecule has 0 aliphatic carbocycles. The molecule has 0 bridgehead atoms. The number of halogens is 4. The first kappa shape index (κ1) is 148. The monoisotopic (exact) mass is 1460 g/mol. The van der Waals surface area contributed by atoms with Crippen LogP contribution in [0.1, 0.15) is 27.7 Å². The highest BCUT2D eigenvalue weighted by molar-refractivity contribution is 14.0. The molecule has 6 nitrogen and oxygen atoms in total. The first-order chi connectivity index (χ1) is 32.1. The third-order valence-corrected chi connectivity index (χ3v) is 0. The molecule has 0 unspecified atom stereocenters. The van der Waals surface area contributed by atoms with Gasteiger partial charge >= 0.3 is 0 Å². The van der Waals surface area contributed by atoms with Crippen molar-refractivity contribution in [2.24, 2.45) is 0 Å². The molecule has 0 saturated heterocycles.